The molecule has 1 nitrogen and oxygen atoms in total. The lowest BCUT2D eigenvalue weighted by molar-refractivity contribution is 0.273. The average Bonchev–Trinajstić information content (AvgIpc) is 2.25. The van der Waals surface area contributed by atoms with Gasteiger partial charge in [-0.25, -0.2) is 0 Å². The molecule has 0 rings (SSSR count). The van der Waals surface area contributed by atoms with Crippen LogP contribution in [0.25, 0.3) is 0 Å². The van der Waals surface area contributed by atoms with E-state index in [1.807, 2.05) is 0 Å². The number of halogens is 1. The molecule has 0 saturated carbocycles. The van der Waals surface area contributed by atoms with Crippen molar-refractivity contribution < 1.29 is 9.28 Å². The first-order valence-corrected chi connectivity index (χ1v) is 9.51. The first-order valence-electron chi connectivity index (χ1n) is 6.44. The molecule has 6 heteroatoms. The number of rotatable bonds is 9. The van der Waals surface area contributed by atoms with Crippen LogP contribution in [0.1, 0.15) is 47.0 Å². The SMILES string of the molecule is [B]C([B])(F)C(C)CCCP(O)SCC(C)(C)CC. The topological polar surface area (TPSA) is 20.2 Å². The Bertz CT molecular complexity index is 237. The Balaban J connectivity index is 3.75. The van der Waals surface area contributed by atoms with Gasteiger partial charge in [-0.05, 0) is 24.2 Å². The third-order valence-corrected chi connectivity index (χ3v) is 7.04. The second-order valence-corrected chi connectivity index (χ2v) is 9.48. The van der Waals surface area contributed by atoms with Crippen molar-refractivity contribution in [2.24, 2.45) is 11.3 Å². The maximum Gasteiger partial charge on any atom is 0.107 e. The van der Waals surface area contributed by atoms with Crippen molar-refractivity contribution in [1.82, 2.24) is 0 Å². The molecule has 1 N–H and O–H groups in total. The van der Waals surface area contributed by atoms with Crippen LogP contribution in [-0.4, -0.2) is 38.0 Å². The normalized spacial score (nSPS) is 16.6. The molecule has 0 aliphatic carbocycles. The van der Waals surface area contributed by atoms with E-state index in [0.29, 0.717) is 6.42 Å². The van der Waals surface area contributed by atoms with Crippen LogP contribution >= 0.6 is 18.7 Å². The molecule has 2 unspecified atom stereocenters. The predicted octanol–water partition coefficient (Wildman–Crippen LogP) is 3.84. The molecule has 0 bridgehead atoms. The van der Waals surface area contributed by atoms with Gasteiger partial charge in [0.25, 0.3) is 0 Å². The highest BCUT2D eigenvalue weighted by Crippen LogP contribution is 2.49. The number of alkyl halides is 1. The van der Waals surface area contributed by atoms with Gasteiger partial charge in [0.1, 0.15) is 15.7 Å². The third-order valence-electron chi connectivity index (χ3n) is 3.30. The van der Waals surface area contributed by atoms with Crippen molar-refractivity contribution in [1.29, 1.82) is 0 Å². The molecule has 0 saturated heterocycles. The Morgan fingerprint density at radius 1 is 1.39 bits per heavy atom. The molecule has 18 heavy (non-hydrogen) atoms. The van der Waals surface area contributed by atoms with Gasteiger partial charge in [0.05, 0.1) is 7.35 Å². The number of hydrogen-bond donors (Lipinski definition) is 1. The summed E-state index contributed by atoms with van der Waals surface area (Å²) in [4.78, 5) is 9.90. The molecule has 0 aliphatic heterocycles. The van der Waals surface area contributed by atoms with Crippen LogP contribution in [0.4, 0.5) is 4.39 Å². The molecule has 2 atom stereocenters. The molecule has 4 radical (unpaired) electrons. The van der Waals surface area contributed by atoms with Gasteiger partial charge in [0.2, 0.25) is 0 Å². The Morgan fingerprint density at radius 3 is 2.39 bits per heavy atom. The first kappa shape index (κ1) is 18.8. The molecular weight excluding hydrogens is 264 g/mol. The second-order valence-electron chi connectivity index (χ2n) is 5.74. The summed E-state index contributed by atoms with van der Waals surface area (Å²) in [6.07, 6.45) is 3.20. The van der Waals surface area contributed by atoms with Gasteiger partial charge < -0.3 is 4.89 Å². The molecule has 0 aromatic heterocycles. The fourth-order valence-electron chi connectivity index (χ4n) is 1.17. The Hall–Kier alpha value is 0.800. The van der Waals surface area contributed by atoms with E-state index in [9.17, 15) is 9.28 Å². The highest BCUT2D eigenvalue weighted by Gasteiger charge is 2.23. The lowest BCUT2D eigenvalue weighted by Gasteiger charge is -2.25. The fraction of sp³-hybridized carbons (Fsp3) is 1.00. The molecule has 102 valence electrons. The Labute approximate surface area is 119 Å². The maximum absolute atomic E-state index is 13.2. The van der Waals surface area contributed by atoms with Gasteiger partial charge in [-0.15, -0.1) is 11.4 Å². The Morgan fingerprint density at radius 2 is 1.94 bits per heavy atom. The van der Waals surface area contributed by atoms with Crippen molar-refractivity contribution >= 4 is 34.4 Å². The van der Waals surface area contributed by atoms with E-state index in [0.717, 1.165) is 24.8 Å². The zero-order chi connectivity index (χ0) is 14.4. The lowest BCUT2D eigenvalue weighted by Crippen LogP contribution is -2.32. The van der Waals surface area contributed by atoms with E-state index in [1.54, 1.807) is 18.3 Å². The minimum absolute atomic E-state index is 0.268. The second kappa shape index (κ2) is 8.17. The van der Waals surface area contributed by atoms with Crippen molar-refractivity contribution in [2.75, 3.05) is 11.9 Å². The third kappa shape index (κ3) is 8.82. The van der Waals surface area contributed by atoms with Crippen LogP contribution in [-0.2, 0) is 0 Å². The van der Waals surface area contributed by atoms with Crippen LogP contribution in [0.2, 0.25) is 0 Å². The van der Waals surface area contributed by atoms with E-state index < -0.39 is 12.8 Å². The maximum atomic E-state index is 13.2. The van der Waals surface area contributed by atoms with Gasteiger partial charge in [0, 0.05) is 17.4 Å². The first-order chi connectivity index (χ1) is 8.08. The summed E-state index contributed by atoms with van der Waals surface area (Å²) in [7, 11) is 9.35. The molecule has 0 amide bonds. The average molecular weight is 288 g/mol. The van der Waals surface area contributed by atoms with Crippen LogP contribution < -0.4 is 0 Å². The minimum Gasteiger partial charge on any atom is -0.363 e. The highest BCUT2D eigenvalue weighted by molar-refractivity contribution is 8.54. The Kier molecular flexibility index (Phi) is 8.53. The monoisotopic (exact) mass is 288 g/mol. The number of hydrogen-bond acceptors (Lipinski definition) is 2. The van der Waals surface area contributed by atoms with Crippen molar-refractivity contribution in [3.8, 4) is 0 Å². The standard InChI is InChI=1S/C12H24B2FOPS/c1-5-11(3,4)9-18-17(16)8-6-7-10(2)12(13,14)15/h10,16H,5-9H2,1-4H3. The van der Waals surface area contributed by atoms with Crippen LogP contribution in [0.5, 0.6) is 0 Å². The van der Waals surface area contributed by atoms with E-state index in [1.165, 1.54) is 0 Å². The van der Waals surface area contributed by atoms with Crippen LogP contribution in [0, 0.1) is 11.3 Å². The predicted molar refractivity (Wildman–Crippen MR) is 84.3 cm³/mol. The van der Waals surface area contributed by atoms with Gasteiger partial charge in [-0.2, -0.15) is 0 Å². The van der Waals surface area contributed by atoms with Gasteiger partial charge in [-0.3, -0.25) is 4.39 Å². The molecule has 0 aromatic rings. The largest absolute Gasteiger partial charge is 0.363 e. The molecule has 0 spiro atoms. The van der Waals surface area contributed by atoms with E-state index >= 15 is 0 Å². The zero-order valence-corrected chi connectivity index (χ0v) is 13.7. The van der Waals surface area contributed by atoms with Gasteiger partial charge >= 0.3 is 0 Å². The summed E-state index contributed by atoms with van der Waals surface area (Å²) in [6.45, 7) is 8.26. The summed E-state index contributed by atoms with van der Waals surface area (Å²) >= 11 is 1.63. The quantitative estimate of drug-likeness (QED) is 0.514. The van der Waals surface area contributed by atoms with Crippen LogP contribution in [0.15, 0.2) is 0 Å². The van der Waals surface area contributed by atoms with Gasteiger partial charge in [-0.1, -0.05) is 34.1 Å². The summed E-state index contributed by atoms with van der Waals surface area (Å²) in [6, 6.07) is 0. The van der Waals surface area contributed by atoms with Crippen molar-refractivity contribution in [3.63, 3.8) is 0 Å². The molecule has 0 fully saturated rings. The van der Waals surface area contributed by atoms with Crippen molar-refractivity contribution in [2.45, 2.75) is 52.4 Å². The van der Waals surface area contributed by atoms with Gasteiger partial charge in [0.15, 0.2) is 0 Å². The van der Waals surface area contributed by atoms with Crippen molar-refractivity contribution in [3.05, 3.63) is 0 Å². The van der Waals surface area contributed by atoms with E-state index in [-0.39, 0.29) is 11.3 Å². The summed E-state index contributed by atoms with van der Waals surface area (Å²) in [5, 5.41) is 0. The smallest absolute Gasteiger partial charge is 0.107 e. The highest BCUT2D eigenvalue weighted by atomic mass is 32.7. The van der Waals surface area contributed by atoms with Crippen LogP contribution in [0.3, 0.4) is 0 Å². The zero-order valence-electron chi connectivity index (χ0n) is 11.9. The summed E-state index contributed by atoms with van der Waals surface area (Å²) in [5.41, 5.74) is -1.83. The summed E-state index contributed by atoms with van der Waals surface area (Å²) in [5.74, 6) is 0.584. The molecule has 0 heterocycles. The van der Waals surface area contributed by atoms with E-state index in [2.05, 4.69) is 20.8 Å². The molecular formula is C12H24B2FOPS. The minimum atomic E-state index is -2.10. The van der Waals surface area contributed by atoms with E-state index in [4.69, 9.17) is 15.7 Å². The molecule has 0 aliphatic rings. The fourth-order valence-corrected chi connectivity index (χ4v) is 4.72. The molecule has 0 aromatic carbocycles. The lowest BCUT2D eigenvalue weighted by atomic mass is 9.59. The summed E-state index contributed by atoms with van der Waals surface area (Å²) < 4.78 is 13.2.